The molecule has 0 bridgehead atoms. The number of hydrogen-bond acceptors (Lipinski definition) is 20. The maximum Gasteiger partial charge on any atom is 0.217 e. The van der Waals surface area contributed by atoms with Crippen LogP contribution in [0.4, 0.5) is 0 Å². The van der Waals surface area contributed by atoms with Crippen LogP contribution in [-0.2, 0) is 33.2 Å². The summed E-state index contributed by atoms with van der Waals surface area (Å²) in [5.74, 6) is -0.728. The van der Waals surface area contributed by atoms with Gasteiger partial charge in [0.1, 0.15) is 85.5 Å². The van der Waals surface area contributed by atoms with E-state index in [9.17, 15) is 71.2 Å². The van der Waals surface area contributed by atoms with Crippen LogP contribution in [0, 0.1) is 0 Å². The van der Waals surface area contributed by atoms with Crippen molar-refractivity contribution in [3.05, 3.63) is 0 Å². The third-order valence-electron chi connectivity index (χ3n) is 8.23. The van der Waals surface area contributed by atoms with E-state index >= 15 is 0 Å². The Morgan fingerprint density at radius 2 is 1.19 bits per heavy atom. The minimum Gasteiger partial charge on any atom is -0.394 e. The summed E-state index contributed by atoms with van der Waals surface area (Å²) in [7, 11) is 0. The molecule has 1 amide bonds. The second-order valence-electron chi connectivity index (χ2n) is 11.6. The van der Waals surface area contributed by atoms with E-state index in [4.69, 9.17) is 28.4 Å². The first-order chi connectivity index (χ1) is 22.1. The summed E-state index contributed by atoms with van der Waals surface area (Å²) in [6.07, 6.45) is -32.8. The van der Waals surface area contributed by atoms with Gasteiger partial charge in [-0.1, -0.05) is 0 Å². The summed E-state index contributed by atoms with van der Waals surface area (Å²) < 4.78 is 34.1. The van der Waals surface area contributed by atoms with E-state index in [-0.39, 0.29) is 0 Å². The second-order valence-corrected chi connectivity index (χ2v) is 11.6. The number of carbonyl (C=O) groups is 1. The largest absolute Gasteiger partial charge is 0.394 e. The third kappa shape index (κ3) is 9.09. The number of ether oxygens (including phenoxy) is 6. The lowest BCUT2D eigenvalue weighted by Gasteiger charge is -2.49. The van der Waals surface area contributed by atoms with E-state index in [1.54, 1.807) is 0 Å². The summed E-state index contributed by atoms with van der Waals surface area (Å²) >= 11 is 0. The quantitative estimate of drug-likeness (QED) is 0.0803. The fraction of sp³-hybridized carbons (Fsp3) is 0.962. The zero-order chi connectivity index (χ0) is 35.3. The Bertz CT molecular complexity index is 965. The highest BCUT2D eigenvalue weighted by Gasteiger charge is 2.55. The predicted octanol–water partition coefficient (Wildman–Crippen LogP) is -8.94. The van der Waals surface area contributed by atoms with Crippen LogP contribution >= 0.6 is 0 Å². The number of aliphatic hydroxyl groups is 13. The standard InChI is InChI=1S/C26H47NO20/c1-7-13(34)17(38)19(40)24(42-7)47-23-22(46-25-20(41)18(39)15(36)11(5-30)43-25)16(37)12(6-31)44-26(23)45-21(14(35)10(33)4-29)9(3-28)27-8(2)32/h7,9-26,28-31,33-41H,3-6H2,1-2H3,(H,27,32)/t7-,9-,10+,11+,12+,13+,14-,15-,16-,17+,18-,19-,20+,21+,22-,23+,24-,25+,26-/m0/s1. The van der Waals surface area contributed by atoms with Crippen molar-refractivity contribution in [2.24, 2.45) is 0 Å². The van der Waals surface area contributed by atoms with Crippen molar-refractivity contribution < 1.29 is 99.6 Å². The van der Waals surface area contributed by atoms with E-state index in [0.717, 1.165) is 6.92 Å². The lowest BCUT2D eigenvalue weighted by Crippen LogP contribution is -2.68. The summed E-state index contributed by atoms with van der Waals surface area (Å²) in [4.78, 5) is 11.9. The number of nitrogens with one attached hydrogen (secondary N) is 1. The van der Waals surface area contributed by atoms with Gasteiger partial charge in [0.05, 0.1) is 38.6 Å². The molecule has 0 aromatic carbocycles. The zero-order valence-electron chi connectivity index (χ0n) is 25.5. The molecule has 0 aliphatic carbocycles. The average Bonchev–Trinajstić information content (AvgIpc) is 3.05. The number of amides is 1. The fourth-order valence-electron chi connectivity index (χ4n) is 5.45. The van der Waals surface area contributed by atoms with Gasteiger partial charge < -0.3 is 100 Å². The molecule has 0 spiro atoms. The lowest BCUT2D eigenvalue weighted by atomic mass is 9.95. The van der Waals surface area contributed by atoms with Crippen molar-refractivity contribution >= 4 is 5.91 Å². The van der Waals surface area contributed by atoms with Crippen LogP contribution in [0.5, 0.6) is 0 Å². The molecule has 19 atom stereocenters. The van der Waals surface area contributed by atoms with Crippen molar-refractivity contribution in [1.82, 2.24) is 5.32 Å². The first-order valence-corrected chi connectivity index (χ1v) is 14.9. The molecule has 0 radical (unpaired) electrons. The van der Waals surface area contributed by atoms with Crippen LogP contribution < -0.4 is 5.32 Å². The molecule has 3 saturated heterocycles. The molecule has 0 aromatic rings. The first-order valence-electron chi connectivity index (χ1n) is 14.9. The van der Waals surface area contributed by atoms with E-state index in [2.05, 4.69) is 5.32 Å². The van der Waals surface area contributed by atoms with Crippen molar-refractivity contribution in [3.8, 4) is 0 Å². The van der Waals surface area contributed by atoms with Crippen LogP contribution in [0.15, 0.2) is 0 Å². The molecule has 3 aliphatic rings. The predicted molar refractivity (Wildman–Crippen MR) is 146 cm³/mol. The Morgan fingerprint density at radius 3 is 1.72 bits per heavy atom. The molecule has 3 fully saturated rings. The molecule has 276 valence electrons. The van der Waals surface area contributed by atoms with Crippen molar-refractivity contribution in [1.29, 1.82) is 0 Å². The molecular formula is C26H47NO20. The van der Waals surface area contributed by atoms with E-state index in [1.807, 2.05) is 0 Å². The first kappa shape index (κ1) is 40.1. The summed E-state index contributed by atoms with van der Waals surface area (Å²) in [6.45, 7) is -1.36. The summed E-state index contributed by atoms with van der Waals surface area (Å²) in [5.41, 5.74) is 0. The molecular weight excluding hydrogens is 646 g/mol. The fourth-order valence-corrected chi connectivity index (χ4v) is 5.45. The normalized spacial score (nSPS) is 43.9. The van der Waals surface area contributed by atoms with Gasteiger partial charge in [-0.15, -0.1) is 0 Å². The van der Waals surface area contributed by atoms with Gasteiger partial charge >= 0.3 is 0 Å². The SMILES string of the molecule is CC(=O)N[C@@H](CO)[C@@H](O[C@@H]1O[C@H](CO)[C@H](O)[C@H](O[C@H]2O[C@H](CO)[C@H](O)[C@H](O)[C@H]2O)[C@H]1O[C@@H]1O[C@@H](C)[C@@H](O)[C@@H](O)[C@@H]1O)[C@@H](O)[C@H](O)CO. The maximum atomic E-state index is 11.9. The molecule has 21 heteroatoms. The minimum absolute atomic E-state index is 0.728. The monoisotopic (exact) mass is 693 g/mol. The van der Waals surface area contributed by atoms with Crippen LogP contribution in [0.2, 0.25) is 0 Å². The lowest BCUT2D eigenvalue weighted by molar-refractivity contribution is -0.396. The van der Waals surface area contributed by atoms with Crippen molar-refractivity contribution in [2.75, 3.05) is 26.4 Å². The van der Waals surface area contributed by atoms with E-state index < -0.39 is 149 Å². The highest BCUT2D eigenvalue weighted by molar-refractivity contribution is 5.73. The molecule has 3 heterocycles. The number of rotatable bonds is 14. The van der Waals surface area contributed by atoms with Gasteiger partial charge in [0, 0.05) is 6.92 Å². The Hall–Kier alpha value is -1.29. The van der Waals surface area contributed by atoms with Gasteiger partial charge in [-0.3, -0.25) is 4.79 Å². The Labute approximate surface area is 268 Å². The molecule has 3 rings (SSSR count). The summed E-state index contributed by atoms with van der Waals surface area (Å²) in [6, 6.07) is -1.51. The van der Waals surface area contributed by atoms with Crippen LogP contribution in [0.25, 0.3) is 0 Å². The zero-order valence-corrected chi connectivity index (χ0v) is 25.5. The molecule has 0 aromatic heterocycles. The second kappa shape index (κ2) is 17.6. The molecule has 3 aliphatic heterocycles. The van der Waals surface area contributed by atoms with Gasteiger partial charge in [0.2, 0.25) is 5.91 Å². The Morgan fingerprint density at radius 1 is 0.681 bits per heavy atom. The van der Waals surface area contributed by atoms with Crippen LogP contribution in [0.3, 0.4) is 0 Å². The highest BCUT2D eigenvalue weighted by atomic mass is 16.8. The highest BCUT2D eigenvalue weighted by Crippen LogP contribution is 2.34. The van der Waals surface area contributed by atoms with Gasteiger partial charge in [-0.05, 0) is 6.92 Å². The number of hydrogen-bond donors (Lipinski definition) is 14. The van der Waals surface area contributed by atoms with Crippen LogP contribution in [-0.4, -0.2) is 215 Å². The molecule has 0 unspecified atom stereocenters. The van der Waals surface area contributed by atoms with Gasteiger partial charge in [-0.25, -0.2) is 0 Å². The number of carbonyl (C=O) groups excluding carboxylic acids is 1. The molecule has 0 saturated carbocycles. The van der Waals surface area contributed by atoms with Gasteiger partial charge in [0.25, 0.3) is 0 Å². The molecule has 14 N–H and O–H groups in total. The topological polar surface area (TPSA) is 347 Å². The Kier molecular flexibility index (Phi) is 15.0. The number of aliphatic hydroxyl groups excluding tert-OH is 13. The minimum atomic E-state index is -2.06. The van der Waals surface area contributed by atoms with E-state index in [0.29, 0.717) is 0 Å². The van der Waals surface area contributed by atoms with Gasteiger partial charge in [-0.2, -0.15) is 0 Å². The molecule has 47 heavy (non-hydrogen) atoms. The van der Waals surface area contributed by atoms with Crippen LogP contribution in [0.1, 0.15) is 13.8 Å². The van der Waals surface area contributed by atoms with Gasteiger partial charge in [0.15, 0.2) is 18.9 Å². The van der Waals surface area contributed by atoms with Crippen molar-refractivity contribution in [3.63, 3.8) is 0 Å². The average molecular weight is 694 g/mol. The maximum absolute atomic E-state index is 11.9. The van der Waals surface area contributed by atoms with E-state index in [1.165, 1.54) is 6.92 Å². The smallest absolute Gasteiger partial charge is 0.217 e. The molecule has 21 nitrogen and oxygen atoms in total. The third-order valence-corrected chi connectivity index (χ3v) is 8.23. The Balaban J connectivity index is 2.08. The summed E-state index contributed by atoms with van der Waals surface area (Å²) in [5, 5.41) is 136. The van der Waals surface area contributed by atoms with Crippen molar-refractivity contribution in [2.45, 2.75) is 130 Å².